The van der Waals surface area contributed by atoms with Crippen molar-refractivity contribution in [2.45, 2.75) is 63.5 Å². The highest BCUT2D eigenvalue weighted by molar-refractivity contribution is 8.00. The minimum Gasteiger partial charge on any atom is -0.480 e. The number of carbonyl (C=O) groups excluding carboxylic acids is 4. The fourth-order valence-electron chi connectivity index (χ4n) is 6.00. The van der Waals surface area contributed by atoms with Gasteiger partial charge in [0.05, 0.1) is 23.0 Å². The van der Waals surface area contributed by atoms with Crippen molar-refractivity contribution in [3.63, 3.8) is 0 Å². The first kappa shape index (κ1) is 41.1. The van der Waals surface area contributed by atoms with E-state index in [9.17, 15) is 37.9 Å². The monoisotopic (exact) mass is 757 g/mol. The molecule has 0 radical (unpaired) electrons. The average Bonchev–Trinajstić information content (AvgIpc) is 3.63. The Kier molecular flexibility index (Phi) is 13.8. The number of amides is 4. The number of nitrogens with one attached hydrogen (secondary N) is 1. The van der Waals surface area contributed by atoms with E-state index in [1.54, 1.807) is 10.8 Å². The maximum atomic E-state index is 15.0. The summed E-state index contributed by atoms with van der Waals surface area (Å²) in [7, 11) is 0. The number of carboxylic acids is 1. The van der Waals surface area contributed by atoms with Gasteiger partial charge in [-0.1, -0.05) is 51.1 Å². The Balaban J connectivity index is 1.50. The Bertz CT molecular complexity index is 1800. The van der Waals surface area contributed by atoms with E-state index in [4.69, 9.17) is 21.6 Å². The summed E-state index contributed by atoms with van der Waals surface area (Å²) in [6.45, 7) is 4.65. The minimum absolute atomic E-state index is 0.0496. The molecule has 1 aliphatic rings. The molecule has 17 heteroatoms. The number of hydrogen-bond acceptors (Lipinski definition) is 10. The molecule has 0 saturated carbocycles. The van der Waals surface area contributed by atoms with Gasteiger partial charge in [0.2, 0.25) is 23.6 Å². The van der Waals surface area contributed by atoms with E-state index in [0.717, 1.165) is 40.4 Å². The third-order valence-electron chi connectivity index (χ3n) is 8.69. The normalized spacial score (nSPS) is 16.4. The van der Waals surface area contributed by atoms with Crippen molar-refractivity contribution in [2.75, 3.05) is 32.0 Å². The molecule has 4 amide bonds. The molecule has 286 valence electrons. The summed E-state index contributed by atoms with van der Waals surface area (Å²) in [4.78, 5) is 69.7. The highest BCUT2D eigenvalue weighted by Crippen LogP contribution is 2.39. The lowest BCUT2D eigenvalue weighted by atomic mass is 9.84. The summed E-state index contributed by atoms with van der Waals surface area (Å²) >= 11 is 0.986. The van der Waals surface area contributed by atoms with E-state index >= 15 is 0 Å². The lowest BCUT2D eigenvalue weighted by molar-refractivity contribution is -0.140. The van der Waals surface area contributed by atoms with Crippen LogP contribution in [0.4, 0.5) is 8.78 Å². The van der Waals surface area contributed by atoms with Crippen LogP contribution in [0.15, 0.2) is 54.7 Å². The number of aliphatic carboxylic acids is 1. The van der Waals surface area contributed by atoms with Gasteiger partial charge in [-0.3, -0.25) is 28.9 Å². The predicted molar refractivity (Wildman–Crippen MR) is 193 cm³/mol. The molecule has 4 rings (SSSR count). The van der Waals surface area contributed by atoms with E-state index in [0.29, 0.717) is 5.82 Å². The zero-order valence-electron chi connectivity index (χ0n) is 29.7. The van der Waals surface area contributed by atoms with Crippen LogP contribution >= 0.6 is 11.8 Å². The summed E-state index contributed by atoms with van der Waals surface area (Å²) in [5.74, 6) is -4.53. The predicted octanol–water partition coefficient (Wildman–Crippen LogP) is 1.89. The second-order valence-corrected chi connectivity index (χ2v) is 15.0. The van der Waals surface area contributed by atoms with Gasteiger partial charge in [0.15, 0.2) is 0 Å². The fourth-order valence-corrected chi connectivity index (χ4v) is 7.11. The Morgan fingerprint density at radius 2 is 1.79 bits per heavy atom. The zero-order valence-corrected chi connectivity index (χ0v) is 30.5. The van der Waals surface area contributed by atoms with Crippen LogP contribution in [-0.4, -0.2) is 108 Å². The minimum atomic E-state index is -1.22. The number of hydrogen-bond donors (Lipinski definition) is 5. The van der Waals surface area contributed by atoms with Gasteiger partial charge < -0.3 is 36.5 Å². The molecule has 1 unspecified atom stereocenters. The molecule has 1 aliphatic heterocycles. The van der Waals surface area contributed by atoms with Crippen molar-refractivity contribution in [3.05, 3.63) is 77.8 Å². The van der Waals surface area contributed by atoms with Gasteiger partial charge in [0, 0.05) is 50.1 Å². The van der Waals surface area contributed by atoms with E-state index in [1.165, 1.54) is 4.90 Å². The second-order valence-electron chi connectivity index (χ2n) is 13.8. The van der Waals surface area contributed by atoms with Crippen molar-refractivity contribution in [1.82, 2.24) is 24.7 Å². The topological polar surface area (TPSA) is 214 Å². The molecule has 1 saturated heterocycles. The largest absolute Gasteiger partial charge is 0.480 e. The van der Waals surface area contributed by atoms with Gasteiger partial charge in [0.1, 0.15) is 30.1 Å². The molecule has 1 aromatic heterocycles. The molecule has 53 heavy (non-hydrogen) atoms. The van der Waals surface area contributed by atoms with Crippen molar-refractivity contribution in [3.8, 4) is 11.3 Å². The number of aliphatic hydroxyl groups is 1. The quantitative estimate of drug-likeness (QED) is 0.125. The smallest absolute Gasteiger partial charge is 0.321 e. The average molecular weight is 758 g/mol. The van der Waals surface area contributed by atoms with E-state index in [2.05, 4.69) is 5.32 Å². The lowest BCUT2D eigenvalue weighted by Gasteiger charge is -2.40. The van der Waals surface area contributed by atoms with Crippen LogP contribution in [0.25, 0.3) is 11.3 Å². The molecule has 14 nitrogen and oxygen atoms in total. The summed E-state index contributed by atoms with van der Waals surface area (Å²) in [6, 6.07) is 9.23. The Morgan fingerprint density at radius 3 is 2.43 bits per heavy atom. The maximum absolute atomic E-state index is 15.0. The summed E-state index contributed by atoms with van der Waals surface area (Å²) in [6.07, 6.45) is 1.41. The third-order valence-corrected chi connectivity index (χ3v) is 10.0. The standard InChI is InChI=1S/C36H45F2N7O7S/c1-36(2,3)31(32-42-27(23-15-22(37)9-10-24(23)38)18-43(32)17-21-7-5-4-6-8-21)44(30(48)19-46)13-11-25(39)33(49)41-12-14-45-29(47)16-28(34(45)50)53-20-26(40)35(51)52/h4-10,15,18,25-26,28,31,46H,11-14,16-17,19-20,39-40H2,1-3H3,(H,41,49)(H,51,52)/t25-,26-,28?,31-/m0/s1. The number of carboxylic acid groups (broad SMARTS) is 1. The molecular weight excluding hydrogens is 713 g/mol. The van der Waals surface area contributed by atoms with Crippen LogP contribution in [0.3, 0.4) is 0 Å². The van der Waals surface area contributed by atoms with Crippen molar-refractivity contribution >= 4 is 41.4 Å². The number of carbonyl (C=O) groups is 5. The van der Waals surface area contributed by atoms with Crippen LogP contribution < -0.4 is 16.8 Å². The number of imidazole rings is 1. The van der Waals surface area contributed by atoms with Gasteiger partial charge in [-0.05, 0) is 35.6 Å². The molecular formula is C36H45F2N7O7S. The Labute approximate surface area is 309 Å². The maximum Gasteiger partial charge on any atom is 0.321 e. The van der Waals surface area contributed by atoms with Gasteiger partial charge >= 0.3 is 5.97 Å². The lowest BCUT2D eigenvalue weighted by Crippen LogP contribution is -2.48. The van der Waals surface area contributed by atoms with Gasteiger partial charge in [-0.15, -0.1) is 11.8 Å². The van der Waals surface area contributed by atoms with Crippen LogP contribution in [-0.2, 0) is 30.5 Å². The number of likely N-dealkylation sites (tertiary alicyclic amines) is 1. The number of aromatic nitrogens is 2. The first-order valence-corrected chi connectivity index (χ1v) is 18.0. The van der Waals surface area contributed by atoms with E-state index in [-0.39, 0.29) is 56.0 Å². The molecule has 0 bridgehead atoms. The highest BCUT2D eigenvalue weighted by Gasteiger charge is 2.40. The molecule has 2 heterocycles. The number of aliphatic hydroxyl groups excluding tert-OH is 1. The number of nitrogens with two attached hydrogens (primary N) is 2. The molecule has 7 N–H and O–H groups in total. The first-order chi connectivity index (χ1) is 25.0. The summed E-state index contributed by atoms with van der Waals surface area (Å²) in [5.41, 5.74) is 11.9. The van der Waals surface area contributed by atoms with Crippen molar-refractivity contribution in [1.29, 1.82) is 0 Å². The molecule has 2 aromatic carbocycles. The number of imide groups is 1. The van der Waals surface area contributed by atoms with Crippen molar-refractivity contribution < 1.29 is 43.0 Å². The molecule has 0 spiro atoms. The third kappa shape index (κ3) is 10.5. The van der Waals surface area contributed by atoms with Crippen LogP contribution in [0.2, 0.25) is 0 Å². The summed E-state index contributed by atoms with van der Waals surface area (Å²) in [5, 5.41) is 20.9. The fraction of sp³-hybridized carbons (Fsp3) is 0.444. The SMILES string of the molecule is CC(C)(C)[C@H](c1nc(-c2cc(F)ccc2F)cn1Cc1ccccc1)N(CC[C@H](N)C(=O)NCCN1C(=O)CC(SC[C@H](N)C(=O)O)C1=O)C(=O)CO. The number of benzene rings is 2. The zero-order chi connectivity index (χ0) is 39.0. The van der Waals surface area contributed by atoms with E-state index < -0.39 is 76.6 Å². The molecule has 4 atom stereocenters. The van der Waals surface area contributed by atoms with Crippen LogP contribution in [0.5, 0.6) is 0 Å². The highest BCUT2D eigenvalue weighted by atomic mass is 32.2. The van der Waals surface area contributed by atoms with Crippen molar-refractivity contribution in [2.24, 2.45) is 16.9 Å². The summed E-state index contributed by atoms with van der Waals surface area (Å²) < 4.78 is 31.0. The van der Waals surface area contributed by atoms with Crippen LogP contribution in [0.1, 0.15) is 51.0 Å². The second kappa shape index (κ2) is 17.9. The molecule has 1 fully saturated rings. The Morgan fingerprint density at radius 1 is 1.09 bits per heavy atom. The Hall–Kier alpha value is -4.71. The number of nitrogens with zero attached hydrogens (tertiary/aromatic N) is 4. The van der Waals surface area contributed by atoms with Gasteiger partial charge in [-0.25, -0.2) is 13.8 Å². The number of rotatable bonds is 17. The molecule has 3 aromatic rings. The number of halogens is 2. The van der Waals surface area contributed by atoms with Gasteiger partial charge in [-0.2, -0.15) is 0 Å². The first-order valence-electron chi connectivity index (χ1n) is 17.0. The van der Waals surface area contributed by atoms with E-state index in [1.807, 2.05) is 51.1 Å². The molecule has 0 aliphatic carbocycles. The number of thioether (sulfide) groups is 1. The van der Waals surface area contributed by atoms with Gasteiger partial charge in [0.25, 0.3) is 0 Å². The van der Waals surface area contributed by atoms with Crippen LogP contribution in [0, 0.1) is 17.0 Å².